The zero-order valence-corrected chi connectivity index (χ0v) is 21.1. The van der Waals surface area contributed by atoms with Crippen LogP contribution in [0.25, 0.3) is 10.8 Å². The second-order valence-electron chi connectivity index (χ2n) is 8.22. The number of carbonyl (C=O) groups excluding carboxylic acids is 1. The van der Waals surface area contributed by atoms with Crippen LogP contribution in [-0.4, -0.2) is 65.1 Å². The summed E-state index contributed by atoms with van der Waals surface area (Å²) in [5, 5.41) is 4.83. The van der Waals surface area contributed by atoms with Gasteiger partial charge in [-0.3, -0.25) is 4.79 Å². The number of carbonyl (C=O) groups is 1. The van der Waals surface area contributed by atoms with Gasteiger partial charge in [-0.1, -0.05) is 38.1 Å². The number of benzene rings is 3. The SMILES string of the molecule is CCN(CC)S(=O)(=O)c1ccc(N2CCOCC2)c(NC(=O)c2cc3ccccc3cc2OC)c1. The maximum Gasteiger partial charge on any atom is 0.259 e. The molecule has 1 aliphatic heterocycles. The topological polar surface area (TPSA) is 88.2 Å². The number of sulfonamides is 1. The van der Waals surface area contributed by atoms with Crippen LogP contribution in [0.1, 0.15) is 24.2 Å². The van der Waals surface area contributed by atoms with Crippen molar-refractivity contribution < 1.29 is 22.7 Å². The fourth-order valence-electron chi connectivity index (χ4n) is 4.32. The molecular formula is C26H31N3O5S. The number of methoxy groups -OCH3 is 1. The van der Waals surface area contributed by atoms with E-state index in [1.54, 1.807) is 38.1 Å². The molecule has 1 fully saturated rings. The van der Waals surface area contributed by atoms with Gasteiger partial charge in [-0.05, 0) is 41.1 Å². The van der Waals surface area contributed by atoms with E-state index < -0.39 is 10.0 Å². The molecule has 0 unspecified atom stereocenters. The molecule has 0 aromatic heterocycles. The largest absolute Gasteiger partial charge is 0.496 e. The minimum atomic E-state index is -3.70. The zero-order valence-electron chi connectivity index (χ0n) is 20.3. The van der Waals surface area contributed by atoms with Gasteiger partial charge in [-0.25, -0.2) is 8.42 Å². The third-order valence-electron chi connectivity index (χ3n) is 6.22. The first kappa shape index (κ1) is 25.0. The summed E-state index contributed by atoms with van der Waals surface area (Å²) < 4.78 is 38.8. The van der Waals surface area contributed by atoms with E-state index in [0.29, 0.717) is 56.4 Å². The van der Waals surface area contributed by atoms with E-state index in [4.69, 9.17) is 9.47 Å². The van der Waals surface area contributed by atoms with E-state index in [1.165, 1.54) is 11.4 Å². The van der Waals surface area contributed by atoms with Gasteiger partial charge in [0, 0.05) is 26.2 Å². The summed E-state index contributed by atoms with van der Waals surface area (Å²) >= 11 is 0. The lowest BCUT2D eigenvalue weighted by atomic mass is 10.0. The molecule has 0 aliphatic carbocycles. The molecule has 9 heteroatoms. The number of amides is 1. The molecule has 1 amide bonds. The first-order valence-electron chi connectivity index (χ1n) is 11.7. The van der Waals surface area contributed by atoms with Crippen molar-refractivity contribution in [2.45, 2.75) is 18.7 Å². The minimum absolute atomic E-state index is 0.138. The van der Waals surface area contributed by atoms with Crippen LogP contribution in [0.15, 0.2) is 59.5 Å². The Labute approximate surface area is 206 Å². The Hall–Kier alpha value is -3.14. The van der Waals surface area contributed by atoms with Crippen LogP contribution in [-0.2, 0) is 14.8 Å². The predicted molar refractivity (Wildman–Crippen MR) is 138 cm³/mol. The highest BCUT2D eigenvalue weighted by atomic mass is 32.2. The van der Waals surface area contributed by atoms with Gasteiger partial charge in [0.05, 0.1) is 42.2 Å². The van der Waals surface area contributed by atoms with Crippen molar-refractivity contribution in [2.24, 2.45) is 0 Å². The molecule has 0 radical (unpaired) electrons. The van der Waals surface area contributed by atoms with E-state index in [9.17, 15) is 13.2 Å². The van der Waals surface area contributed by atoms with E-state index >= 15 is 0 Å². The number of rotatable bonds is 8. The van der Waals surface area contributed by atoms with Crippen LogP contribution in [0.3, 0.4) is 0 Å². The van der Waals surface area contributed by atoms with Gasteiger partial charge in [-0.2, -0.15) is 4.31 Å². The first-order chi connectivity index (χ1) is 16.9. The summed E-state index contributed by atoms with van der Waals surface area (Å²) in [6, 6.07) is 16.2. The number of hydrogen-bond donors (Lipinski definition) is 1. The van der Waals surface area contributed by atoms with Gasteiger partial charge in [0.15, 0.2) is 0 Å². The average molecular weight is 498 g/mol. The van der Waals surface area contributed by atoms with Gasteiger partial charge < -0.3 is 19.7 Å². The molecule has 3 aromatic rings. The Morgan fingerprint density at radius 2 is 1.69 bits per heavy atom. The van der Waals surface area contributed by atoms with Gasteiger partial charge in [0.2, 0.25) is 10.0 Å². The summed E-state index contributed by atoms with van der Waals surface area (Å²) in [6.07, 6.45) is 0. The van der Waals surface area contributed by atoms with E-state index in [2.05, 4.69) is 10.2 Å². The molecule has 0 bridgehead atoms. The number of nitrogens with zero attached hydrogens (tertiary/aromatic N) is 2. The lowest BCUT2D eigenvalue weighted by Crippen LogP contribution is -2.37. The molecule has 3 aromatic carbocycles. The Kier molecular flexibility index (Phi) is 7.59. The van der Waals surface area contributed by atoms with Gasteiger partial charge in [0.25, 0.3) is 5.91 Å². The van der Waals surface area contributed by atoms with Crippen molar-refractivity contribution >= 4 is 38.1 Å². The number of anilines is 2. The number of fused-ring (bicyclic) bond motifs is 1. The van der Waals surface area contributed by atoms with Crippen molar-refractivity contribution in [3.63, 3.8) is 0 Å². The molecule has 1 N–H and O–H groups in total. The maximum absolute atomic E-state index is 13.5. The summed E-state index contributed by atoms with van der Waals surface area (Å²) in [6.45, 7) is 6.74. The molecule has 1 saturated heterocycles. The van der Waals surface area contributed by atoms with E-state index in [0.717, 1.165) is 16.5 Å². The minimum Gasteiger partial charge on any atom is -0.496 e. The second-order valence-corrected chi connectivity index (χ2v) is 10.2. The third kappa shape index (κ3) is 5.12. The monoisotopic (exact) mass is 497 g/mol. The summed E-state index contributed by atoms with van der Waals surface area (Å²) in [7, 11) is -2.17. The smallest absolute Gasteiger partial charge is 0.259 e. The first-order valence-corrected chi connectivity index (χ1v) is 13.2. The van der Waals surface area contributed by atoms with Crippen molar-refractivity contribution in [1.29, 1.82) is 0 Å². The Morgan fingerprint density at radius 1 is 1.03 bits per heavy atom. The fraction of sp³-hybridized carbons (Fsp3) is 0.346. The van der Waals surface area contributed by atoms with Gasteiger partial charge >= 0.3 is 0 Å². The fourth-order valence-corrected chi connectivity index (χ4v) is 5.81. The molecule has 35 heavy (non-hydrogen) atoms. The summed E-state index contributed by atoms with van der Waals surface area (Å²) in [4.78, 5) is 15.7. The zero-order chi connectivity index (χ0) is 25.0. The molecule has 186 valence electrons. The predicted octanol–water partition coefficient (Wildman–Crippen LogP) is 3.97. The molecule has 4 rings (SSSR count). The summed E-state index contributed by atoms with van der Waals surface area (Å²) in [5.74, 6) is 0.0699. The molecular weight excluding hydrogens is 466 g/mol. The number of nitrogens with one attached hydrogen (secondary N) is 1. The van der Waals surface area contributed by atoms with Gasteiger partial charge in [-0.15, -0.1) is 0 Å². The second kappa shape index (κ2) is 10.6. The third-order valence-corrected chi connectivity index (χ3v) is 8.27. The Bertz CT molecular complexity index is 1320. The summed E-state index contributed by atoms with van der Waals surface area (Å²) in [5.41, 5.74) is 1.55. The highest BCUT2D eigenvalue weighted by Gasteiger charge is 2.25. The lowest BCUT2D eigenvalue weighted by Gasteiger charge is -2.31. The average Bonchev–Trinajstić information content (AvgIpc) is 2.88. The highest BCUT2D eigenvalue weighted by Crippen LogP contribution is 2.33. The quantitative estimate of drug-likeness (QED) is 0.507. The normalized spacial score (nSPS) is 14.3. The van der Waals surface area contributed by atoms with Gasteiger partial charge in [0.1, 0.15) is 5.75 Å². The van der Waals surface area contributed by atoms with Crippen LogP contribution in [0.4, 0.5) is 11.4 Å². The van der Waals surface area contributed by atoms with Crippen molar-refractivity contribution in [2.75, 3.05) is 56.7 Å². The lowest BCUT2D eigenvalue weighted by molar-refractivity contribution is 0.102. The molecule has 1 heterocycles. The van der Waals surface area contributed by atoms with Crippen LogP contribution < -0.4 is 15.0 Å². The maximum atomic E-state index is 13.5. The van der Waals surface area contributed by atoms with E-state index in [1.807, 2.05) is 30.3 Å². The standard InChI is InChI=1S/C26H31N3O5S/c1-4-29(5-2)35(31,32)21-10-11-24(28-12-14-34-15-13-28)23(18-21)27-26(30)22-16-19-8-6-7-9-20(19)17-25(22)33-3/h6-11,16-18H,4-5,12-15H2,1-3H3,(H,27,30). The van der Waals surface area contributed by atoms with Crippen LogP contribution in [0, 0.1) is 0 Å². The van der Waals surface area contributed by atoms with Crippen LogP contribution in [0.5, 0.6) is 5.75 Å². The van der Waals surface area contributed by atoms with Crippen molar-refractivity contribution in [3.05, 3.63) is 60.2 Å². The Balaban J connectivity index is 1.76. The van der Waals surface area contributed by atoms with Crippen molar-refractivity contribution in [1.82, 2.24) is 4.31 Å². The Morgan fingerprint density at radius 3 is 2.31 bits per heavy atom. The molecule has 0 atom stereocenters. The number of ether oxygens (including phenoxy) is 2. The molecule has 1 aliphatic rings. The van der Waals surface area contributed by atoms with Crippen LogP contribution >= 0.6 is 0 Å². The number of hydrogen-bond acceptors (Lipinski definition) is 6. The molecule has 0 spiro atoms. The van der Waals surface area contributed by atoms with Crippen molar-refractivity contribution in [3.8, 4) is 5.75 Å². The van der Waals surface area contributed by atoms with E-state index in [-0.39, 0.29) is 10.8 Å². The molecule has 0 saturated carbocycles. The highest BCUT2D eigenvalue weighted by molar-refractivity contribution is 7.89. The van der Waals surface area contributed by atoms with Crippen LogP contribution in [0.2, 0.25) is 0 Å². The number of morpholine rings is 1. The molecule has 8 nitrogen and oxygen atoms in total.